The first-order valence-corrected chi connectivity index (χ1v) is 22.5. The lowest BCUT2D eigenvalue weighted by Gasteiger charge is -2.30. The topological polar surface area (TPSA) is 30.2 Å². The normalized spacial score (nSPS) is 14.5. The van der Waals surface area contributed by atoms with E-state index in [-0.39, 0.29) is 5.63 Å². The summed E-state index contributed by atoms with van der Waals surface area (Å²) in [4.78, 5) is 14.2. The van der Waals surface area contributed by atoms with Crippen molar-refractivity contribution >= 4 is 21.7 Å². The maximum Gasteiger partial charge on any atom is 0.344 e. The molecule has 0 fully saturated rings. The minimum atomic E-state index is -0.438. The Hall–Kier alpha value is -8.33. The number of benzene rings is 10. The van der Waals surface area contributed by atoms with Crippen molar-refractivity contribution in [3.63, 3.8) is 0 Å². The molecule has 4 aliphatic rings. The monoisotopic (exact) mass is 824 g/mol. The largest absolute Gasteiger partial charge is 0.422 e. The van der Waals surface area contributed by atoms with Gasteiger partial charge in [-0.3, -0.25) is 0 Å². The Bertz CT molecular complexity index is 3890. The predicted octanol–water partition coefficient (Wildman–Crippen LogP) is 15.0. The zero-order chi connectivity index (χ0) is 42.6. The van der Waals surface area contributed by atoms with Crippen molar-refractivity contribution in [3.05, 3.63) is 273 Å². The molecule has 1 aromatic heterocycles. The fourth-order valence-electron chi connectivity index (χ4n) is 12.9. The van der Waals surface area contributed by atoms with Crippen molar-refractivity contribution in [2.75, 3.05) is 0 Å². The van der Waals surface area contributed by atoms with Crippen molar-refractivity contribution in [3.8, 4) is 66.8 Å². The van der Waals surface area contributed by atoms with Gasteiger partial charge < -0.3 is 4.42 Å². The minimum absolute atomic E-state index is 0.336. The van der Waals surface area contributed by atoms with Gasteiger partial charge in [-0.2, -0.15) is 0 Å². The van der Waals surface area contributed by atoms with Gasteiger partial charge >= 0.3 is 5.63 Å². The lowest BCUT2D eigenvalue weighted by atomic mass is 9.70. The summed E-state index contributed by atoms with van der Waals surface area (Å²) < 4.78 is 6.32. The second kappa shape index (κ2) is 12.4. The molecule has 4 aliphatic carbocycles. The summed E-state index contributed by atoms with van der Waals surface area (Å²) >= 11 is 0. The second-order valence-corrected chi connectivity index (χ2v) is 18.1. The van der Waals surface area contributed by atoms with Gasteiger partial charge in [0, 0.05) is 5.39 Å². The van der Waals surface area contributed by atoms with Crippen LogP contribution >= 0.6 is 0 Å². The zero-order valence-electron chi connectivity index (χ0n) is 35.1. The summed E-state index contributed by atoms with van der Waals surface area (Å²) in [6, 6.07) is 79.6. The molecule has 2 nitrogen and oxygen atoms in total. The van der Waals surface area contributed by atoms with E-state index in [2.05, 4.69) is 212 Å². The Morgan fingerprint density at radius 3 is 1.25 bits per heavy atom. The molecule has 0 bridgehead atoms. The predicted molar refractivity (Wildman–Crippen MR) is 263 cm³/mol. The van der Waals surface area contributed by atoms with Crippen LogP contribution in [-0.4, -0.2) is 0 Å². The molecule has 0 saturated carbocycles. The Morgan fingerprint density at radius 1 is 0.277 bits per heavy atom. The smallest absolute Gasteiger partial charge is 0.344 e. The average Bonchev–Trinajstić information content (AvgIpc) is 4.05. The van der Waals surface area contributed by atoms with Crippen LogP contribution in [0.3, 0.4) is 0 Å². The Kier molecular flexibility index (Phi) is 6.73. The highest BCUT2D eigenvalue weighted by atomic mass is 16.4. The highest BCUT2D eigenvalue weighted by molar-refractivity contribution is 6.08. The van der Waals surface area contributed by atoms with Crippen LogP contribution in [0.25, 0.3) is 88.5 Å². The fourth-order valence-corrected chi connectivity index (χ4v) is 12.9. The van der Waals surface area contributed by atoms with E-state index >= 15 is 0 Å². The molecular formula is C63H36O2. The highest BCUT2D eigenvalue weighted by Crippen LogP contribution is 2.65. The third-order valence-electron chi connectivity index (χ3n) is 15.4. The number of hydrogen-bond donors (Lipinski definition) is 0. The lowest BCUT2D eigenvalue weighted by Crippen LogP contribution is -2.25. The summed E-state index contributed by atoms with van der Waals surface area (Å²) in [7, 11) is 0. The Labute approximate surface area is 375 Å². The molecule has 2 heteroatoms. The molecule has 0 atom stereocenters. The van der Waals surface area contributed by atoms with Crippen LogP contribution in [0.2, 0.25) is 0 Å². The summed E-state index contributed by atoms with van der Waals surface area (Å²) in [5, 5.41) is 2.38. The molecule has 2 spiro atoms. The molecule has 11 aromatic rings. The molecule has 0 N–H and O–H groups in total. The number of fused-ring (bicyclic) bond motifs is 23. The summed E-state index contributed by atoms with van der Waals surface area (Å²) in [5.41, 5.74) is 24.1. The van der Waals surface area contributed by atoms with E-state index in [0.717, 1.165) is 33.0 Å². The van der Waals surface area contributed by atoms with Crippen LogP contribution in [0.15, 0.2) is 228 Å². The van der Waals surface area contributed by atoms with Gasteiger partial charge in [0.1, 0.15) is 5.58 Å². The highest BCUT2D eigenvalue weighted by Gasteiger charge is 2.53. The summed E-state index contributed by atoms with van der Waals surface area (Å²) in [6.07, 6.45) is 0. The first-order chi connectivity index (χ1) is 32.2. The Balaban J connectivity index is 0.876. The first-order valence-electron chi connectivity index (χ1n) is 22.5. The van der Waals surface area contributed by atoms with Crippen molar-refractivity contribution in [1.29, 1.82) is 0 Å². The van der Waals surface area contributed by atoms with Crippen LogP contribution in [0.4, 0.5) is 0 Å². The molecule has 0 aliphatic heterocycles. The van der Waals surface area contributed by atoms with Crippen LogP contribution in [-0.2, 0) is 10.8 Å². The van der Waals surface area contributed by atoms with Gasteiger partial charge in [-0.25, -0.2) is 4.79 Å². The molecule has 0 saturated heterocycles. The quantitative estimate of drug-likeness (QED) is 0.128. The van der Waals surface area contributed by atoms with Crippen LogP contribution in [0.1, 0.15) is 44.5 Å². The first kappa shape index (κ1) is 35.2. The molecule has 65 heavy (non-hydrogen) atoms. The maximum absolute atomic E-state index is 14.2. The summed E-state index contributed by atoms with van der Waals surface area (Å²) in [6.45, 7) is 0. The van der Waals surface area contributed by atoms with E-state index in [4.69, 9.17) is 4.42 Å². The van der Waals surface area contributed by atoms with E-state index in [1.54, 1.807) is 0 Å². The lowest BCUT2D eigenvalue weighted by molar-refractivity contribution is 0.570. The SMILES string of the molecule is O=c1oc2cc(-c3cccc4c3-c3ccccc3C43c4ccccc4-c4ccccc43)ccc2c2ccc(-c3ccc4c(c3)C3(c5ccccc5-c5ccccc53)c3ccccc3-4)cc12. The van der Waals surface area contributed by atoms with Gasteiger partial charge in [-0.15, -0.1) is 0 Å². The fraction of sp³-hybridized carbons (Fsp3) is 0.0317. The van der Waals surface area contributed by atoms with Crippen LogP contribution < -0.4 is 5.63 Å². The van der Waals surface area contributed by atoms with Crippen molar-refractivity contribution < 1.29 is 4.42 Å². The molecular weight excluding hydrogens is 789 g/mol. The molecule has 0 unspecified atom stereocenters. The van der Waals surface area contributed by atoms with Crippen molar-refractivity contribution in [2.45, 2.75) is 10.8 Å². The van der Waals surface area contributed by atoms with Crippen molar-refractivity contribution in [1.82, 2.24) is 0 Å². The van der Waals surface area contributed by atoms with E-state index in [1.807, 2.05) is 6.07 Å². The molecule has 0 radical (unpaired) electrons. The molecule has 300 valence electrons. The number of rotatable bonds is 2. The summed E-state index contributed by atoms with van der Waals surface area (Å²) in [5.74, 6) is 0. The third-order valence-corrected chi connectivity index (χ3v) is 15.4. The van der Waals surface area contributed by atoms with E-state index < -0.39 is 10.8 Å². The third kappa shape index (κ3) is 4.23. The van der Waals surface area contributed by atoms with Crippen LogP contribution in [0.5, 0.6) is 0 Å². The van der Waals surface area contributed by atoms with E-state index in [9.17, 15) is 4.79 Å². The minimum Gasteiger partial charge on any atom is -0.422 e. The van der Waals surface area contributed by atoms with Gasteiger partial charge in [-0.05, 0) is 141 Å². The molecule has 0 amide bonds. The Morgan fingerprint density at radius 2 is 0.677 bits per heavy atom. The van der Waals surface area contributed by atoms with Crippen molar-refractivity contribution in [2.24, 2.45) is 0 Å². The van der Waals surface area contributed by atoms with Gasteiger partial charge in [0.15, 0.2) is 0 Å². The average molecular weight is 825 g/mol. The van der Waals surface area contributed by atoms with Gasteiger partial charge in [0.25, 0.3) is 0 Å². The molecule has 1 heterocycles. The van der Waals surface area contributed by atoms with E-state index in [0.29, 0.717) is 11.0 Å². The van der Waals surface area contributed by atoms with Gasteiger partial charge in [0.2, 0.25) is 0 Å². The van der Waals surface area contributed by atoms with E-state index in [1.165, 1.54) is 89.0 Å². The van der Waals surface area contributed by atoms with Gasteiger partial charge in [-0.1, -0.05) is 194 Å². The zero-order valence-corrected chi connectivity index (χ0v) is 35.1. The van der Waals surface area contributed by atoms with Gasteiger partial charge in [0.05, 0.1) is 16.2 Å². The maximum atomic E-state index is 14.2. The molecule has 15 rings (SSSR count). The second-order valence-electron chi connectivity index (χ2n) is 18.1. The number of hydrogen-bond acceptors (Lipinski definition) is 2. The molecule has 10 aromatic carbocycles. The standard InChI is InChI=1S/C63H36O2/c64-61-50-34-37(38-29-32-47-46-18-5-11-25-55(46)63(58(47)35-38)53-23-9-3-16-44(53)45-17-4-10-24-54(45)63)28-31-41(50)48-33-30-39(36-59(48)65-61)40-20-13-27-57-60(40)49-19-6-12-26-56(49)62(57)51-21-7-1-14-42(51)43-15-2-8-22-52(43)62/h1-36H. The van der Waals surface area contributed by atoms with Crippen LogP contribution in [0, 0.1) is 0 Å².